The van der Waals surface area contributed by atoms with E-state index in [4.69, 9.17) is 11.6 Å². The fourth-order valence-corrected chi connectivity index (χ4v) is 3.97. The molecule has 0 fully saturated rings. The quantitative estimate of drug-likeness (QED) is 0.404. The molecule has 0 atom stereocenters. The second kappa shape index (κ2) is 9.86. The molecule has 0 bridgehead atoms. The van der Waals surface area contributed by atoms with Crippen LogP contribution in [0.5, 0.6) is 11.5 Å². The van der Waals surface area contributed by atoms with Gasteiger partial charge < -0.3 is 9.47 Å². The number of rotatable bonds is 6. The maximum atomic E-state index is 13.8. The van der Waals surface area contributed by atoms with E-state index in [0.717, 1.165) is 0 Å². The number of amides is 1. The molecule has 2 aromatic carbocycles. The van der Waals surface area contributed by atoms with Gasteiger partial charge in [-0.05, 0) is 36.4 Å². The van der Waals surface area contributed by atoms with Gasteiger partial charge in [-0.3, -0.25) is 4.79 Å². The first-order valence-electron chi connectivity index (χ1n) is 9.28. The Bertz CT molecular complexity index is 1450. The minimum atomic E-state index is -5.43. The van der Waals surface area contributed by atoms with Crippen LogP contribution in [0.4, 0.5) is 39.5 Å². The minimum Gasteiger partial charge on any atom is -0.406 e. The number of carbonyl (C=O) groups excluding carboxylic acids is 1. The second-order valence-electron chi connectivity index (χ2n) is 6.81. The Morgan fingerprint density at radius 3 is 1.89 bits per heavy atom. The lowest BCUT2D eigenvalue weighted by molar-refractivity contribution is -0.275. The molecule has 0 saturated carbocycles. The number of nitrogens with zero attached hydrogens (tertiary/aromatic N) is 3. The van der Waals surface area contributed by atoms with E-state index >= 15 is 0 Å². The van der Waals surface area contributed by atoms with Gasteiger partial charge in [0, 0.05) is 6.07 Å². The summed E-state index contributed by atoms with van der Waals surface area (Å²) in [4.78, 5) is 11.6. The Labute approximate surface area is 209 Å². The molecule has 0 unspecified atom stereocenters. The Hall–Kier alpha value is -3.74. The number of carbonyl (C=O) groups is 1. The number of ether oxygens (including phenoxy) is 2. The molecule has 1 aromatic heterocycles. The van der Waals surface area contributed by atoms with Gasteiger partial charge in [-0.1, -0.05) is 16.8 Å². The summed E-state index contributed by atoms with van der Waals surface area (Å²) in [5.41, 5.74) is -4.24. The zero-order valence-electron chi connectivity index (χ0n) is 17.6. The molecule has 1 amide bonds. The van der Waals surface area contributed by atoms with E-state index in [0.29, 0.717) is 42.5 Å². The SMILES string of the molecule is O=C(NS(=O)(=O)c1ccc(OC(F)(F)F)cc1)c1nnn(-c2ccc(OC(F)(F)F)cc2Cl)c1C(F)(F)F. The molecule has 38 heavy (non-hydrogen) atoms. The number of hydrogen-bond acceptors (Lipinski definition) is 7. The molecule has 0 radical (unpaired) electrons. The third-order valence-electron chi connectivity index (χ3n) is 4.13. The van der Waals surface area contributed by atoms with Crippen molar-refractivity contribution in [1.82, 2.24) is 19.7 Å². The largest absolute Gasteiger partial charge is 0.573 e. The van der Waals surface area contributed by atoms with E-state index in [9.17, 15) is 52.7 Å². The zero-order valence-corrected chi connectivity index (χ0v) is 19.2. The molecule has 0 saturated heterocycles. The predicted molar refractivity (Wildman–Crippen MR) is 106 cm³/mol. The van der Waals surface area contributed by atoms with Crippen LogP contribution in [0.3, 0.4) is 0 Å². The maximum absolute atomic E-state index is 13.8. The van der Waals surface area contributed by atoms with Crippen LogP contribution >= 0.6 is 11.6 Å². The highest BCUT2D eigenvalue weighted by molar-refractivity contribution is 7.90. The molecule has 3 aromatic rings. The molecule has 9 nitrogen and oxygen atoms in total. The second-order valence-corrected chi connectivity index (χ2v) is 8.90. The number of benzene rings is 2. The first kappa shape index (κ1) is 28.8. The van der Waals surface area contributed by atoms with Crippen molar-refractivity contribution in [1.29, 1.82) is 0 Å². The van der Waals surface area contributed by atoms with Crippen molar-refractivity contribution in [2.45, 2.75) is 23.8 Å². The average molecular weight is 599 g/mol. The molecular formula is C18H8ClF9N4O5S. The number of nitrogens with one attached hydrogen (secondary N) is 1. The Morgan fingerprint density at radius 2 is 1.39 bits per heavy atom. The van der Waals surface area contributed by atoms with Gasteiger partial charge in [0.05, 0.1) is 15.6 Å². The third-order valence-corrected chi connectivity index (χ3v) is 5.78. The molecule has 0 aliphatic rings. The van der Waals surface area contributed by atoms with Crippen LogP contribution in [0, 0.1) is 0 Å². The molecule has 0 aliphatic carbocycles. The Balaban J connectivity index is 1.94. The predicted octanol–water partition coefficient (Wildman–Crippen LogP) is 4.86. The molecule has 20 heteroatoms. The van der Waals surface area contributed by atoms with Gasteiger partial charge in [-0.15, -0.1) is 31.4 Å². The van der Waals surface area contributed by atoms with Gasteiger partial charge >= 0.3 is 18.9 Å². The van der Waals surface area contributed by atoms with Gasteiger partial charge in [0.1, 0.15) is 11.5 Å². The number of aromatic nitrogens is 3. The van der Waals surface area contributed by atoms with Crippen molar-refractivity contribution >= 4 is 27.5 Å². The van der Waals surface area contributed by atoms with Crippen LogP contribution in [0.15, 0.2) is 47.4 Å². The van der Waals surface area contributed by atoms with E-state index in [-0.39, 0.29) is 4.68 Å². The van der Waals surface area contributed by atoms with Gasteiger partial charge in [0.15, 0.2) is 11.4 Å². The lowest BCUT2D eigenvalue weighted by Gasteiger charge is -2.14. The van der Waals surface area contributed by atoms with Crippen molar-refractivity contribution in [3.63, 3.8) is 0 Å². The lowest BCUT2D eigenvalue weighted by Crippen LogP contribution is -2.32. The summed E-state index contributed by atoms with van der Waals surface area (Å²) >= 11 is 5.76. The molecule has 0 aliphatic heterocycles. The summed E-state index contributed by atoms with van der Waals surface area (Å²) in [7, 11) is -4.95. The van der Waals surface area contributed by atoms with Gasteiger partial charge in [-0.2, -0.15) is 13.2 Å². The van der Waals surface area contributed by atoms with Crippen molar-refractivity contribution in [2.24, 2.45) is 0 Å². The summed E-state index contributed by atoms with van der Waals surface area (Å²) < 4.78 is 148. The summed E-state index contributed by atoms with van der Waals surface area (Å²) in [5, 5.41) is 5.38. The van der Waals surface area contributed by atoms with Crippen LogP contribution in [-0.4, -0.2) is 42.0 Å². The topological polar surface area (TPSA) is 112 Å². The number of sulfonamides is 1. The van der Waals surface area contributed by atoms with Crippen LogP contribution in [-0.2, 0) is 16.2 Å². The number of halogens is 10. The van der Waals surface area contributed by atoms with Crippen LogP contribution in [0.1, 0.15) is 16.2 Å². The highest BCUT2D eigenvalue weighted by Gasteiger charge is 2.43. The van der Waals surface area contributed by atoms with Crippen molar-refractivity contribution < 1.29 is 62.2 Å². The zero-order chi connectivity index (χ0) is 28.7. The highest BCUT2D eigenvalue weighted by atomic mass is 35.5. The molecular weight excluding hydrogens is 591 g/mol. The van der Waals surface area contributed by atoms with E-state index < -0.39 is 73.3 Å². The first-order valence-corrected chi connectivity index (χ1v) is 11.1. The van der Waals surface area contributed by atoms with E-state index in [1.54, 1.807) is 0 Å². The fourth-order valence-electron chi connectivity index (χ4n) is 2.76. The molecule has 3 rings (SSSR count). The summed E-state index contributed by atoms with van der Waals surface area (Å²) in [5.74, 6) is -3.67. The summed E-state index contributed by atoms with van der Waals surface area (Å²) in [6, 6.07) is 4.01. The highest BCUT2D eigenvalue weighted by Crippen LogP contribution is 2.36. The standard InChI is InChI=1S/C18H8ClF9N4O5S/c19-11-7-9(37-18(26,27)28)3-6-12(11)32-14(16(20,21)22)13(29-31-32)15(33)30-38(34,35)10-4-1-8(2-5-10)36-17(23,24)25/h1-7H,(H,30,33). The van der Waals surface area contributed by atoms with Crippen LogP contribution in [0.25, 0.3) is 5.69 Å². The van der Waals surface area contributed by atoms with Crippen molar-refractivity contribution in [3.8, 4) is 17.2 Å². The third kappa shape index (κ3) is 6.97. The van der Waals surface area contributed by atoms with E-state index in [2.05, 4.69) is 19.8 Å². The normalized spacial score (nSPS) is 12.8. The number of hydrogen-bond donors (Lipinski definition) is 1. The molecule has 1 N–H and O–H groups in total. The van der Waals surface area contributed by atoms with Crippen LogP contribution < -0.4 is 14.2 Å². The Kier molecular flexibility index (Phi) is 7.48. The minimum absolute atomic E-state index is 0.0650. The summed E-state index contributed by atoms with van der Waals surface area (Å²) in [6.07, 6.45) is -15.7. The van der Waals surface area contributed by atoms with Crippen molar-refractivity contribution in [2.75, 3.05) is 0 Å². The lowest BCUT2D eigenvalue weighted by atomic mass is 10.2. The first-order chi connectivity index (χ1) is 17.3. The van der Waals surface area contributed by atoms with Gasteiger partial charge in [-0.25, -0.2) is 17.8 Å². The van der Waals surface area contributed by atoms with Crippen LogP contribution in [0.2, 0.25) is 5.02 Å². The number of alkyl halides is 9. The summed E-state index contributed by atoms with van der Waals surface area (Å²) in [6.45, 7) is 0. The van der Waals surface area contributed by atoms with Gasteiger partial charge in [0.2, 0.25) is 0 Å². The molecule has 0 spiro atoms. The Morgan fingerprint density at radius 1 is 0.868 bits per heavy atom. The smallest absolute Gasteiger partial charge is 0.406 e. The fraction of sp³-hybridized carbons (Fsp3) is 0.167. The van der Waals surface area contributed by atoms with E-state index in [1.807, 2.05) is 0 Å². The molecule has 1 heterocycles. The van der Waals surface area contributed by atoms with Gasteiger partial charge in [0.25, 0.3) is 15.9 Å². The molecule has 206 valence electrons. The average Bonchev–Trinajstić information content (AvgIpc) is 3.17. The maximum Gasteiger partial charge on any atom is 0.573 e. The van der Waals surface area contributed by atoms with E-state index in [1.165, 1.54) is 4.72 Å². The van der Waals surface area contributed by atoms with Crippen molar-refractivity contribution in [3.05, 3.63) is 58.9 Å². The monoisotopic (exact) mass is 598 g/mol.